The van der Waals surface area contributed by atoms with Crippen molar-refractivity contribution in [2.24, 2.45) is 5.92 Å². The first-order valence-electron chi connectivity index (χ1n) is 8.66. The predicted octanol–water partition coefficient (Wildman–Crippen LogP) is 3.12. The van der Waals surface area contributed by atoms with Gasteiger partial charge < -0.3 is 15.1 Å². The first-order chi connectivity index (χ1) is 11.2. The quantitative estimate of drug-likeness (QED) is 0.867. The number of hydrogen-bond donors (Lipinski definition) is 1. The van der Waals surface area contributed by atoms with Crippen molar-refractivity contribution in [1.29, 1.82) is 0 Å². The number of rotatable bonds is 6. The van der Waals surface area contributed by atoms with Crippen molar-refractivity contribution in [1.82, 2.24) is 9.80 Å². The van der Waals surface area contributed by atoms with Crippen molar-refractivity contribution in [3.8, 4) is 0 Å². The molecular weight excluding hydrogens is 305 g/mol. The molecule has 1 heterocycles. The van der Waals surface area contributed by atoms with Crippen LogP contribution in [0.25, 0.3) is 0 Å². The molecule has 0 aromatic heterocycles. The van der Waals surface area contributed by atoms with Crippen molar-refractivity contribution in [3.05, 3.63) is 29.6 Å². The zero-order chi connectivity index (χ0) is 17.9. The lowest BCUT2D eigenvalue weighted by atomic mass is 9.88. The average Bonchev–Trinajstić information content (AvgIpc) is 2.76. The Bertz CT molecular complexity index is 588. The fourth-order valence-corrected chi connectivity index (χ4v) is 3.27. The SMILES string of the molecule is Cc1ccc(NC(=O)CCN(C)C[C@H]2CCN(C)C2(C)C)cc1F. The number of benzene rings is 1. The normalized spacial score (nSPS) is 20.5. The summed E-state index contributed by atoms with van der Waals surface area (Å²) in [4.78, 5) is 16.7. The van der Waals surface area contributed by atoms with E-state index >= 15 is 0 Å². The van der Waals surface area contributed by atoms with Crippen LogP contribution in [0.1, 0.15) is 32.3 Å². The summed E-state index contributed by atoms with van der Waals surface area (Å²) in [7, 11) is 4.24. The third kappa shape index (κ3) is 4.54. The van der Waals surface area contributed by atoms with E-state index in [9.17, 15) is 9.18 Å². The van der Waals surface area contributed by atoms with Crippen molar-refractivity contribution in [2.45, 2.75) is 39.2 Å². The zero-order valence-electron chi connectivity index (χ0n) is 15.5. The van der Waals surface area contributed by atoms with E-state index in [0.717, 1.165) is 13.1 Å². The summed E-state index contributed by atoms with van der Waals surface area (Å²) in [6, 6.07) is 4.78. The predicted molar refractivity (Wildman–Crippen MR) is 96.7 cm³/mol. The van der Waals surface area contributed by atoms with E-state index < -0.39 is 0 Å². The number of likely N-dealkylation sites (tertiary alicyclic amines) is 1. The molecule has 1 aromatic rings. The molecule has 0 aliphatic carbocycles. The molecule has 0 radical (unpaired) electrons. The summed E-state index contributed by atoms with van der Waals surface area (Å²) in [5.74, 6) is 0.243. The Morgan fingerprint density at radius 3 is 2.75 bits per heavy atom. The Morgan fingerprint density at radius 2 is 2.17 bits per heavy atom. The van der Waals surface area contributed by atoms with Gasteiger partial charge in [0.25, 0.3) is 0 Å². The molecule has 0 spiro atoms. The maximum Gasteiger partial charge on any atom is 0.225 e. The molecule has 0 unspecified atom stereocenters. The van der Waals surface area contributed by atoms with Gasteiger partial charge in [-0.1, -0.05) is 6.07 Å². The van der Waals surface area contributed by atoms with Crippen LogP contribution < -0.4 is 5.32 Å². The standard InChI is InChI=1S/C19H30FN3O/c1-14-6-7-16(12-17(14)20)21-18(24)9-10-22(4)13-15-8-11-23(5)19(15,2)3/h6-7,12,15H,8-11,13H2,1-5H3,(H,21,24)/t15-/m1/s1. The van der Waals surface area contributed by atoms with Crippen molar-refractivity contribution in [2.75, 3.05) is 39.0 Å². The van der Waals surface area contributed by atoms with Crippen molar-refractivity contribution >= 4 is 11.6 Å². The van der Waals surface area contributed by atoms with Crippen molar-refractivity contribution < 1.29 is 9.18 Å². The van der Waals surface area contributed by atoms with E-state index in [2.05, 4.69) is 43.1 Å². The van der Waals surface area contributed by atoms with Crippen LogP contribution in [0.4, 0.5) is 10.1 Å². The Kier molecular flexibility index (Phi) is 5.99. The van der Waals surface area contributed by atoms with Crippen LogP contribution in [0.2, 0.25) is 0 Å². The summed E-state index contributed by atoms with van der Waals surface area (Å²) < 4.78 is 13.5. The molecule has 2 rings (SSSR count). The molecule has 1 fully saturated rings. The van der Waals surface area contributed by atoms with E-state index in [1.807, 2.05) is 0 Å². The maximum atomic E-state index is 13.5. The van der Waals surface area contributed by atoms with Gasteiger partial charge in [-0.05, 0) is 71.4 Å². The molecule has 134 valence electrons. The maximum absolute atomic E-state index is 13.5. The number of amides is 1. The number of nitrogens with one attached hydrogen (secondary N) is 1. The number of nitrogens with zero attached hydrogens (tertiary/aromatic N) is 2. The van der Waals surface area contributed by atoms with Gasteiger partial charge in [0.1, 0.15) is 5.82 Å². The molecule has 1 saturated heterocycles. The third-order valence-corrected chi connectivity index (χ3v) is 5.50. The highest BCUT2D eigenvalue weighted by Crippen LogP contribution is 2.33. The van der Waals surface area contributed by atoms with E-state index in [-0.39, 0.29) is 17.3 Å². The monoisotopic (exact) mass is 335 g/mol. The van der Waals surface area contributed by atoms with Gasteiger partial charge in [-0.3, -0.25) is 4.79 Å². The summed E-state index contributed by atoms with van der Waals surface area (Å²) in [6.45, 7) is 9.11. The molecule has 1 aliphatic heterocycles. The lowest BCUT2D eigenvalue weighted by Gasteiger charge is -2.35. The van der Waals surface area contributed by atoms with Crippen LogP contribution in [-0.4, -0.2) is 55.0 Å². The average molecular weight is 335 g/mol. The number of carbonyl (C=O) groups excluding carboxylic acids is 1. The first kappa shape index (κ1) is 18.9. The van der Waals surface area contributed by atoms with Crippen LogP contribution in [0.15, 0.2) is 18.2 Å². The van der Waals surface area contributed by atoms with Gasteiger partial charge in [0, 0.05) is 30.7 Å². The highest BCUT2D eigenvalue weighted by molar-refractivity contribution is 5.90. The molecule has 1 atom stereocenters. The number of carbonyl (C=O) groups is 1. The van der Waals surface area contributed by atoms with Gasteiger partial charge in [-0.15, -0.1) is 0 Å². The van der Waals surface area contributed by atoms with Crippen LogP contribution in [0.5, 0.6) is 0 Å². The minimum atomic E-state index is -0.294. The summed E-state index contributed by atoms with van der Waals surface area (Å²) >= 11 is 0. The molecule has 0 saturated carbocycles. The van der Waals surface area contributed by atoms with Gasteiger partial charge in [-0.2, -0.15) is 0 Å². The summed E-state index contributed by atoms with van der Waals surface area (Å²) in [5, 5.41) is 2.77. The second-order valence-corrected chi connectivity index (χ2v) is 7.59. The molecule has 24 heavy (non-hydrogen) atoms. The summed E-state index contributed by atoms with van der Waals surface area (Å²) in [6.07, 6.45) is 1.61. The minimum absolute atomic E-state index is 0.0760. The highest BCUT2D eigenvalue weighted by Gasteiger charge is 2.39. The molecular formula is C19H30FN3O. The fraction of sp³-hybridized carbons (Fsp3) is 0.632. The van der Waals surface area contributed by atoms with E-state index in [1.54, 1.807) is 19.1 Å². The van der Waals surface area contributed by atoms with E-state index in [0.29, 0.717) is 30.1 Å². The van der Waals surface area contributed by atoms with Gasteiger partial charge in [0.05, 0.1) is 0 Å². The Labute approximate surface area is 145 Å². The van der Waals surface area contributed by atoms with E-state index in [1.165, 1.54) is 12.5 Å². The number of hydrogen-bond acceptors (Lipinski definition) is 3. The van der Waals surface area contributed by atoms with Gasteiger partial charge in [-0.25, -0.2) is 4.39 Å². The molecule has 1 aromatic carbocycles. The second kappa shape index (κ2) is 7.62. The van der Waals surface area contributed by atoms with Crippen LogP contribution in [0.3, 0.4) is 0 Å². The topological polar surface area (TPSA) is 35.6 Å². The van der Waals surface area contributed by atoms with Crippen LogP contribution in [-0.2, 0) is 4.79 Å². The second-order valence-electron chi connectivity index (χ2n) is 7.59. The third-order valence-electron chi connectivity index (χ3n) is 5.50. The molecule has 4 nitrogen and oxygen atoms in total. The first-order valence-corrected chi connectivity index (χ1v) is 8.66. The van der Waals surface area contributed by atoms with E-state index in [4.69, 9.17) is 0 Å². The number of aryl methyl sites for hydroxylation is 1. The van der Waals surface area contributed by atoms with Crippen molar-refractivity contribution in [3.63, 3.8) is 0 Å². The molecule has 5 heteroatoms. The highest BCUT2D eigenvalue weighted by atomic mass is 19.1. The molecule has 1 aliphatic rings. The summed E-state index contributed by atoms with van der Waals surface area (Å²) in [5.41, 5.74) is 1.30. The minimum Gasteiger partial charge on any atom is -0.326 e. The lowest BCUT2D eigenvalue weighted by Crippen LogP contribution is -2.44. The van der Waals surface area contributed by atoms with Crippen LogP contribution >= 0.6 is 0 Å². The Morgan fingerprint density at radius 1 is 1.46 bits per heavy atom. The lowest BCUT2D eigenvalue weighted by molar-refractivity contribution is -0.116. The Balaban J connectivity index is 1.78. The zero-order valence-corrected chi connectivity index (χ0v) is 15.5. The fourth-order valence-electron chi connectivity index (χ4n) is 3.27. The number of anilines is 1. The largest absolute Gasteiger partial charge is 0.326 e. The molecule has 0 bridgehead atoms. The van der Waals surface area contributed by atoms with Gasteiger partial charge in [0.15, 0.2) is 0 Å². The van der Waals surface area contributed by atoms with Gasteiger partial charge in [0.2, 0.25) is 5.91 Å². The molecule has 1 N–H and O–H groups in total. The molecule has 1 amide bonds. The smallest absolute Gasteiger partial charge is 0.225 e. The Hall–Kier alpha value is -1.46. The van der Waals surface area contributed by atoms with Gasteiger partial charge >= 0.3 is 0 Å². The van der Waals surface area contributed by atoms with Crippen LogP contribution in [0, 0.1) is 18.7 Å². The number of halogens is 1.